The van der Waals surface area contributed by atoms with Crippen molar-refractivity contribution in [3.8, 4) is 0 Å². The van der Waals surface area contributed by atoms with Gasteiger partial charge in [0.15, 0.2) is 0 Å². The number of nitrogens with one attached hydrogen (secondary N) is 1. The van der Waals surface area contributed by atoms with Gasteiger partial charge in [0.25, 0.3) is 5.56 Å². The van der Waals surface area contributed by atoms with Crippen molar-refractivity contribution in [2.45, 2.75) is 6.42 Å². The molecule has 2 rings (SSSR count). The van der Waals surface area contributed by atoms with E-state index >= 15 is 0 Å². The molecule has 2 aromatic rings. The summed E-state index contributed by atoms with van der Waals surface area (Å²) in [6.07, 6.45) is 5.25. The molecule has 0 unspecified atom stereocenters. The first-order valence-electron chi connectivity index (χ1n) is 5.09. The van der Waals surface area contributed by atoms with Crippen molar-refractivity contribution in [2.75, 3.05) is 0 Å². The highest BCUT2D eigenvalue weighted by molar-refractivity contribution is 5.83. The standard InChI is InChI=1S/C12H11N3O2/c13-11(16)3-1-2-8-4-5-10-9(6-8)7-14-15-12(10)17/h1-2,4-7H,3H2,(H2,13,16)(H,15,17). The number of aromatic nitrogens is 2. The minimum Gasteiger partial charge on any atom is -0.369 e. The van der Waals surface area contributed by atoms with E-state index in [1.165, 1.54) is 0 Å². The number of aromatic amines is 1. The highest BCUT2D eigenvalue weighted by atomic mass is 16.1. The van der Waals surface area contributed by atoms with Crippen LogP contribution in [-0.4, -0.2) is 16.1 Å². The molecule has 5 heteroatoms. The Kier molecular flexibility index (Phi) is 3.00. The van der Waals surface area contributed by atoms with Crippen LogP contribution >= 0.6 is 0 Å². The molecule has 1 aromatic carbocycles. The Balaban J connectivity index is 2.35. The predicted octanol–water partition coefficient (Wildman–Crippen LogP) is 0.812. The van der Waals surface area contributed by atoms with Gasteiger partial charge < -0.3 is 5.73 Å². The van der Waals surface area contributed by atoms with Gasteiger partial charge in [0.2, 0.25) is 5.91 Å². The summed E-state index contributed by atoms with van der Waals surface area (Å²) in [7, 11) is 0. The summed E-state index contributed by atoms with van der Waals surface area (Å²) in [6.45, 7) is 0. The van der Waals surface area contributed by atoms with Gasteiger partial charge in [-0.05, 0) is 17.7 Å². The Labute approximate surface area is 97.0 Å². The lowest BCUT2D eigenvalue weighted by Crippen LogP contribution is -2.08. The maximum Gasteiger partial charge on any atom is 0.272 e. The van der Waals surface area contributed by atoms with E-state index in [1.54, 1.807) is 30.5 Å². The highest BCUT2D eigenvalue weighted by Gasteiger charge is 1.98. The highest BCUT2D eigenvalue weighted by Crippen LogP contribution is 2.12. The van der Waals surface area contributed by atoms with E-state index in [2.05, 4.69) is 10.2 Å². The van der Waals surface area contributed by atoms with Gasteiger partial charge in [-0.2, -0.15) is 5.10 Å². The van der Waals surface area contributed by atoms with Crippen LogP contribution in [0.25, 0.3) is 16.8 Å². The van der Waals surface area contributed by atoms with Gasteiger partial charge in [-0.15, -0.1) is 0 Å². The van der Waals surface area contributed by atoms with Gasteiger partial charge in [0.1, 0.15) is 0 Å². The average Bonchev–Trinajstić information content (AvgIpc) is 2.29. The Morgan fingerprint density at radius 3 is 3.06 bits per heavy atom. The molecule has 0 atom stereocenters. The largest absolute Gasteiger partial charge is 0.369 e. The molecule has 0 radical (unpaired) electrons. The first kappa shape index (κ1) is 11.1. The molecule has 0 bridgehead atoms. The van der Waals surface area contributed by atoms with Crippen LogP contribution in [0.3, 0.4) is 0 Å². The number of hydrogen-bond acceptors (Lipinski definition) is 3. The second-order valence-corrected chi connectivity index (χ2v) is 3.62. The number of nitrogens with zero attached hydrogens (tertiary/aromatic N) is 1. The molecule has 0 spiro atoms. The number of carbonyl (C=O) groups excluding carboxylic acids is 1. The maximum absolute atomic E-state index is 11.4. The Morgan fingerprint density at radius 2 is 2.29 bits per heavy atom. The normalized spacial score (nSPS) is 11.1. The molecule has 0 fully saturated rings. The molecule has 3 N–H and O–H groups in total. The number of nitrogens with two attached hydrogens (primary N) is 1. The van der Waals surface area contributed by atoms with Gasteiger partial charge in [0.05, 0.1) is 11.6 Å². The van der Waals surface area contributed by atoms with Crippen LogP contribution in [0.15, 0.2) is 35.3 Å². The van der Waals surface area contributed by atoms with Crippen molar-refractivity contribution in [1.82, 2.24) is 10.2 Å². The van der Waals surface area contributed by atoms with Crippen LogP contribution in [0.2, 0.25) is 0 Å². The van der Waals surface area contributed by atoms with E-state index < -0.39 is 0 Å². The summed E-state index contributed by atoms with van der Waals surface area (Å²) in [5.74, 6) is -0.375. The first-order chi connectivity index (χ1) is 8.16. The van der Waals surface area contributed by atoms with Crippen LogP contribution in [0.1, 0.15) is 12.0 Å². The first-order valence-corrected chi connectivity index (χ1v) is 5.09. The molecular formula is C12H11N3O2. The third-order valence-electron chi connectivity index (χ3n) is 2.32. The van der Waals surface area contributed by atoms with E-state index in [1.807, 2.05) is 6.07 Å². The molecule has 17 heavy (non-hydrogen) atoms. The zero-order valence-corrected chi connectivity index (χ0v) is 9.01. The lowest BCUT2D eigenvalue weighted by molar-refractivity contribution is -0.117. The lowest BCUT2D eigenvalue weighted by atomic mass is 10.1. The second kappa shape index (κ2) is 4.61. The molecule has 1 heterocycles. The number of benzene rings is 1. The topological polar surface area (TPSA) is 88.8 Å². The molecule has 5 nitrogen and oxygen atoms in total. The van der Waals surface area contributed by atoms with Crippen LogP contribution in [-0.2, 0) is 4.79 Å². The minimum atomic E-state index is -0.375. The van der Waals surface area contributed by atoms with Crippen molar-refractivity contribution in [3.63, 3.8) is 0 Å². The van der Waals surface area contributed by atoms with Gasteiger partial charge in [-0.3, -0.25) is 9.59 Å². The zero-order valence-electron chi connectivity index (χ0n) is 9.01. The van der Waals surface area contributed by atoms with E-state index in [0.717, 1.165) is 10.9 Å². The molecule has 0 saturated heterocycles. The maximum atomic E-state index is 11.4. The summed E-state index contributed by atoms with van der Waals surface area (Å²) in [5.41, 5.74) is 5.70. The second-order valence-electron chi connectivity index (χ2n) is 3.62. The number of rotatable bonds is 3. The third-order valence-corrected chi connectivity index (χ3v) is 2.32. The van der Waals surface area contributed by atoms with Crippen LogP contribution < -0.4 is 11.3 Å². The monoisotopic (exact) mass is 229 g/mol. The average molecular weight is 229 g/mol. The van der Waals surface area contributed by atoms with Gasteiger partial charge in [-0.25, -0.2) is 5.10 Å². The van der Waals surface area contributed by atoms with Crippen molar-refractivity contribution in [2.24, 2.45) is 5.73 Å². The Morgan fingerprint density at radius 1 is 1.47 bits per heavy atom. The summed E-state index contributed by atoms with van der Waals surface area (Å²) >= 11 is 0. The molecule has 0 aliphatic rings. The van der Waals surface area contributed by atoms with Gasteiger partial charge in [0, 0.05) is 11.8 Å². The van der Waals surface area contributed by atoms with E-state index in [9.17, 15) is 9.59 Å². The Hall–Kier alpha value is -2.43. The van der Waals surface area contributed by atoms with Crippen LogP contribution in [0.5, 0.6) is 0 Å². The molecular weight excluding hydrogens is 218 g/mol. The van der Waals surface area contributed by atoms with E-state index in [4.69, 9.17) is 5.73 Å². The quantitative estimate of drug-likeness (QED) is 0.816. The number of primary amides is 1. The summed E-state index contributed by atoms with van der Waals surface area (Å²) in [6, 6.07) is 5.35. The smallest absolute Gasteiger partial charge is 0.272 e. The van der Waals surface area contributed by atoms with E-state index in [0.29, 0.717) is 5.39 Å². The van der Waals surface area contributed by atoms with Crippen molar-refractivity contribution < 1.29 is 4.79 Å². The summed E-state index contributed by atoms with van der Waals surface area (Å²) in [5, 5.41) is 7.44. The number of fused-ring (bicyclic) bond motifs is 1. The molecule has 1 aromatic heterocycles. The van der Waals surface area contributed by atoms with Crippen molar-refractivity contribution in [1.29, 1.82) is 0 Å². The number of hydrogen-bond donors (Lipinski definition) is 2. The third kappa shape index (κ3) is 2.57. The Bertz CT molecular complexity index is 643. The van der Waals surface area contributed by atoms with Crippen LogP contribution in [0, 0.1) is 0 Å². The van der Waals surface area contributed by atoms with Gasteiger partial charge >= 0.3 is 0 Å². The minimum absolute atomic E-state index is 0.200. The number of carbonyl (C=O) groups is 1. The molecule has 0 saturated carbocycles. The summed E-state index contributed by atoms with van der Waals surface area (Å²) < 4.78 is 0. The SMILES string of the molecule is NC(=O)CC=Cc1ccc2c(=O)[nH]ncc2c1. The van der Waals surface area contributed by atoms with Gasteiger partial charge in [-0.1, -0.05) is 18.2 Å². The van der Waals surface area contributed by atoms with Crippen molar-refractivity contribution in [3.05, 3.63) is 46.4 Å². The fourth-order valence-corrected chi connectivity index (χ4v) is 1.53. The lowest BCUT2D eigenvalue weighted by Gasteiger charge is -1.97. The number of amides is 1. The predicted molar refractivity (Wildman–Crippen MR) is 65.2 cm³/mol. The van der Waals surface area contributed by atoms with Crippen LogP contribution in [0.4, 0.5) is 0 Å². The van der Waals surface area contributed by atoms with E-state index in [-0.39, 0.29) is 17.9 Å². The fourth-order valence-electron chi connectivity index (χ4n) is 1.53. The number of H-pyrrole nitrogens is 1. The molecule has 0 aliphatic heterocycles. The summed E-state index contributed by atoms with van der Waals surface area (Å²) in [4.78, 5) is 22.0. The molecule has 1 amide bonds. The molecule has 0 aliphatic carbocycles. The fraction of sp³-hybridized carbons (Fsp3) is 0.0833. The zero-order chi connectivity index (χ0) is 12.3. The molecule has 86 valence electrons. The van der Waals surface area contributed by atoms with Crippen molar-refractivity contribution >= 4 is 22.8 Å².